The van der Waals surface area contributed by atoms with Crippen LogP contribution in [0.25, 0.3) is 0 Å². The third-order valence-corrected chi connectivity index (χ3v) is 3.93. The van der Waals surface area contributed by atoms with E-state index < -0.39 is 0 Å². The third kappa shape index (κ3) is 3.47. The summed E-state index contributed by atoms with van der Waals surface area (Å²) in [4.78, 5) is 11.4. The van der Waals surface area contributed by atoms with E-state index in [1.807, 2.05) is 0 Å². The summed E-state index contributed by atoms with van der Waals surface area (Å²) in [6, 6.07) is 0. The van der Waals surface area contributed by atoms with E-state index in [4.69, 9.17) is 4.74 Å². The first-order valence-electron chi connectivity index (χ1n) is 5.92. The van der Waals surface area contributed by atoms with Gasteiger partial charge in [0.15, 0.2) is 0 Å². The fraction of sp³-hybridized carbons (Fsp3) is 0.727. The fourth-order valence-electron chi connectivity index (χ4n) is 2.00. The van der Waals surface area contributed by atoms with E-state index in [0.29, 0.717) is 24.1 Å². The molecule has 0 bridgehead atoms. The van der Waals surface area contributed by atoms with Crippen molar-refractivity contribution < 1.29 is 9.53 Å². The van der Waals surface area contributed by atoms with Crippen molar-refractivity contribution >= 4 is 22.4 Å². The van der Waals surface area contributed by atoms with Gasteiger partial charge in [-0.05, 0) is 12.8 Å². The molecule has 1 N–H and O–H groups in total. The number of hydrogen-bond acceptors (Lipinski definition) is 5. The van der Waals surface area contributed by atoms with Gasteiger partial charge in [-0.3, -0.25) is 4.79 Å². The minimum atomic E-state index is -0.0685. The second-order valence-corrected chi connectivity index (χ2v) is 5.23. The molecule has 1 aromatic rings. The van der Waals surface area contributed by atoms with Crippen LogP contribution in [-0.4, -0.2) is 29.8 Å². The van der Waals surface area contributed by atoms with Crippen LogP contribution in [0.5, 0.6) is 0 Å². The Hall–Kier alpha value is -1.01. The molecule has 6 heteroatoms. The molecule has 1 amide bonds. The number of methoxy groups -OCH3 is 1. The van der Waals surface area contributed by atoms with Crippen LogP contribution in [0.3, 0.4) is 0 Å². The number of nitrogens with one attached hydrogen (secondary N) is 1. The molecule has 5 nitrogen and oxygen atoms in total. The van der Waals surface area contributed by atoms with Crippen molar-refractivity contribution in [1.29, 1.82) is 0 Å². The van der Waals surface area contributed by atoms with Crippen LogP contribution in [0.4, 0.5) is 5.13 Å². The van der Waals surface area contributed by atoms with E-state index in [1.165, 1.54) is 37.0 Å². The van der Waals surface area contributed by atoms with Crippen molar-refractivity contribution in [2.45, 2.75) is 38.0 Å². The number of anilines is 1. The number of ether oxygens (including phenoxy) is 1. The van der Waals surface area contributed by atoms with Crippen LogP contribution in [0.2, 0.25) is 0 Å². The number of nitrogens with zero attached hydrogens (tertiary/aromatic N) is 2. The lowest BCUT2D eigenvalue weighted by Crippen LogP contribution is -2.13. The molecular weight excluding hydrogens is 238 g/mol. The van der Waals surface area contributed by atoms with Gasteiger partial charge < -0.3 is 10.1 Å². The summed E-state index contributed by atoms with van der Waals surface area (Å²) >= 11 is 1.50. The quantitative estimate of drug-likeness (QED) is 0.875. The summed E-state index contributed by atoms with van der Waals surface area (Å²) in [6.07, 6.45) is 5.31. The van der Waals surface area contributed by atoms with Crippen molar-refractivity contribution in [3.63, 3.8) is 0 Å². The summed E-state index contributed by atoms with van der Waals surface area (Å²) in [5.74, 6) is 0.484. The van der Waals surface area contributed by atoms with Gasteiger partial charge >= 0.3 is 0 Å². The third-order valence-electron chi connectivity index (χ3n) is 2.92. The van der Waals surface area contributed by atoms with E-state index in [1.54, 1.807) is 7.11 Å². The molecule has 1 aliphatic rings. The Bertz CT molecular complexity index is 375. The zero-order valence-corrected chi connectivity index (χ0v) is 10.8. The lowest BCUT2D eigenvalue weighted by molar-refractivity contribution is -0.117. The highest BCUT2D eigenvalue weighted by atomic mass is 32.1. The van der Waals surface area contributed by atoms with Crippen molar-refractivity contribution in [2.75, 3.05) is 19.0 Å². The van der Waals surface area contributed by atoms with E-state index >= 15 is 0 Å². The summed E-state index contributed by atoms with van der Waals surface area (Å²) in [5, 5.41) is 12.6. The van der Waals surface area contributed by atoms with Crippen LogP contribution in [0, 0.1) is 0 Å². The van der Waals surface area contributed by atoms with Gasteiger partial charge in [0.25, 0.3) is 0 Å². The molecule has 1 heterocycles. The Labute approximate surface area is 105 Å². The highest BCUT2D eigenvalue weighted by molar-refractivity contribution is 7.15. The van der Waals surface area contributed by atoms with Crippen LogP contribution in [0.1, 0.15) is 43.0 Å². The average molecular weight is 255 g/mol. The molecule has 1 aliphatic carbocycles. The van der Waals surface area contributed by atoms with E-state index in [2.05, 4.69) is 15.5 Å². The SMILES string of the molecule is COCCC(=O)Nc1nnc(C2CCCC2)s1. The fourth-order valence-corrected chi connectivity index (χ4v) is 2.93. The highest BCUT2D eigenvalue weighted by Gasteiger charge is 2.21. The predicted octanol–water partition coefficient (Wildman–Crippen LogP) is 2.17. The normalized spacial score (nSPS) is 16.3. The molecule has 1 fully saturated rings. The minimum Gasteiger partial charge on any atom is -0.384 e. The molecule has 0 aromatic carbocycles. The maximum atomic E-state index is 11.4. The molecule has 1 saturated carbocycles. The summed E-state index contributed by atoms with van der Waals surface area (Å²) < 4.78 is 4.84. The molecule has 2 rings (SSSR count). The maximum Gasteiger partial charge on any atom is 0.228 e. The molecule has 0 saturated heterocycles. The molecule has 0 aliphatic heterocycles. The standard InChI is InChI=1S/C11H17N3O2S/c1-16-7-6-9(15)12-11-14-13-10(17-11)8-4-2-3-5-8/h8H,2-7H2,1H3,(H,12,14,15). The molecular formula is C11H17N3O2S. The van der Waals surface area contributed by atoms with Gasteiger partial charge in [-0.1, -0.05) is 24.2 Å². The Balaban J connectivity index is 1.87. The topological polar surface area (TPSA) is 64.1 Å². The Morgan fingerprint density at radius 2 is 2.24 bits per heavy atom. The first-order chi connectivity index (χ1) is 8.29. The Kier molecular flexibility index (Phi) is 4.44. The average Bonchev–Trinajstić information content (AvgIpc) is 2.95. The maximum absolute atomic E-state index is 11.4. The van der Waals surface area contributed by atoms with Crippen LogP contribution in [0.15, 0.2) is 0 Å². The monoisotopic (exact) mass is 255 g/mol. The van der Waals surface area contributed by atoms with Crippen molar-refractivity contribution in [1.82, 2.24) is 10.2 Å². The Morgan fingerprint density at radius 1 is 1.47 bits per heavy atom. The summed E-state index contributed by atoms with van der Waals surface area (Å²) in [5.41, 5.74) is 0. The second-order valence-electron chi connectivity index (χ2n) is 4.22. The predicted molar refractivity (Wildman–Crippen MR) is 66.2 cm³/mol. The number of amides is 1. The lowest BCUT2D eigenvalue weighted by Gasteiger charge is -2.01. The number of carbonyl (C=O) groups is 1. The first kappa shape index (κ1) is 12.4. The zero-order chi connectivity index (χ0) is 12.1. The van der Waals surface area contributed by atoms with Crippen LogP contribution >= 0.6 is 11.3 Å². The molecule has 94 valence electrons. The van der Waals surface area contributed by atoms with E-state index in [-0.39, 0.29) is 5.91 Å². The van der Waals surface area contributed by atoms with Gasteiger partial charge in [-0.2, -0.15) is 0 Å². The van der Waals surface area contributed by atoms with Gasteiger partial charge in [-0.15, -0.1) is 10.2 Å². The molecule has 0 spiro atoms. The Morgan fingerprint density at radius 3 is 2.94 bits per heavy atom. The summed E-state index contributed by atoms with van der Waals surface area (Å²) in [7, 11) is 1.58. The minimum absolute atomic E-state index is 0.0685. The molecule has 0 atom stereocenters. The number of aromatic nitrogens is 2. The zero-order valence-electron chi connectivity index (χ0n) is 9.94. The summed E-state index contributed by atoms with van der Waals surface area (Å²) in [6.45, 7) is 0.431. The van der Waals surface area contributed by atoms with Gasteiger partial charge in [0.05, 0.1) is 13.0 Å². The molecule has 0 radical (unpaired) electrons. The van der Waals surface area contributed by atoms with Gasteiger partial charge in [0, 0.05) is 13.0 Å². The second kappa shape index (κ2) is 6.07. The number of carbonyl (C=O) groups excluding carboxylic acids is 1. The van der Waals surface area contributed by atoms with Crippen LogP contribution in [-0.2, 0) is 9.53 Å². The van der Waals surface area contributed by atoms with Gasteiger partial charge in [0.1, 0.15) is 5.01 Å². The highest BCUT2D eigenvalue weighted by Crippen LogP contribution is 2.36. The van der Waals surface area contributed by atoms with Gasteiger partial charge in [0.2, 0.25) is 11.0 Å². The molecule has 0 unspecified atom stereocenters. The van der Waals surface area contributed by atoms with Gasteiger partial charge in [-0.25, -0.2) is 0 Å². The van der Waals surface area contributed by atoms with Crippen molar-refractivity contribution in [2.24, 2.45) is 0 Å². The van der Waals surface area contributed by atoms with E-state index in [9.17, 15) is 4.79 Å². The van der Waals surface area contributed by atoms with Crippen molar-refractivity contribution in [3.05, 3.63) is 5.01 Å². The molecule has 1 aromatic heterocycles. The largest absolute Gasteiger partial charge is 0.384 e. The first-order valence-corrected chi connectivity index (χ1v) is 6.73. The van der Waals surface area contributed by atoms with Crippen LogP contribution < -0.4 is 5.32 Å². The van der Waals surface area contributed by atoms with Crippen molar-refractivity contribution in [3.8, 4) is 0 Å². The number of rotatable bonds is 5. The lowest BCUT2D eigenvalue weighted by atomic mass is 10.1. The smallest absolute Gasteiger partial charge is 0.228 e. The molecule has 17 heavy (non-hydrogen) atoms. The number of hydrogen-bond donors (Lipinski definition) is 1. The van der Waals surface area contributed by atoms with E-state index in [0.717, 1.165) is 5.01 Å².